The molecule has 0 saturated carbocycles. The predicted octanol–water partition coefficient (Wildman–Crippen LogP) is 3.33. The number of allylic oxidation sites excluding steroid dienone is 1. The number of rotatable bonds is 4. The average molecular weight is 346 g/mol. The Balaban J connectivity index is 1.94. The van der Waals surface area contributed by atoms with E-state index in [0.717, 1.165) is 11.1 Å². The molecule has 0 N–H and O–H groups in total. The van der Waals surface area contributed by atoms with Crippen LogP contribution in [0.3, 0.4) is 0 Å². The topological polar surface area (TPSA) is 40.6 Å². The van der Waals surface area contributed by atoms with E-state index in [-0.39, 0.29) is 29.6 Å². The maximum absolute atomic E-state index is 13.0. The molecule has 1 heterocycles. The van der Waals surface area contributed by atoms with Gasteiger partial charge in [0.25, 0.3) is 0 Å². The van der Waals surface area contributed by atoms with Crippen LogP contribution in [0, 0.1) is 11.7 Å². The Morgan fingerprint density at radius 3 is 2.28 bits per heavy atom. The fourth-order valence-corrected chi connectivity index (χ4v) is 2.96. The van der Waals surface area contributed by atoms with Crippen molar-refractivity contribution in [1.82, 2.24) is 9.80 Å². The number of likely N-dealkylation sites (tertiary alicyclic amines) is 1. The van der Waals surface area contributed by atoms with Gasteiger partial charge in [-0.2, -0.15) is 0 Å². The highest BCUT2D eigenvalue weighted by molar-refractivity contribution is 5.95. The first-order valence-electron chi connectivity index (χ1n) is 8.79. The normalized spacial score (nSPS) is 16.2. The summed E-state index contributed by atoms with van der Waals surface area (Å²) in [6.45, 7) is 7.03. The fourth-order valence-electron chi connectivity index (χ4n) is 2.96. The van der Waals surface area contributed by atoms with Gasteiger partial charge in [0.15, 0.2) is 0 Å². The van der Waals surface area contributed by atoms with Crippen molar-refractivity contribution in [3.63, 3.8) is 0 Å². The zero-order valence-electron chi connectivity index (χ0n) is 15.5. The van der Waals surface area contributed by atoms with E-state index in [9.17, 15) is 14.0 Å². The van der Waals surface area contributed by atoms with Gasteiger partial charge >= 0.3 is 0 Å². The first kappa shape index (κ1) is 19.2. The summed E-state index contributed by atoms with van der Waals surface area (Å²) in [6, 6.07) is 6.30. The highest BCUT2D eigenvalue weighted by Crippen LogP contribution is 2.21. The standard InChI is InChI=1S/C20H27FN2O2/c1-14(2)22(4)20(25)17-9-11-23(12-10-17)19(24)13-15(3)16-5-7-18(21)8-6-16/h5-8,13-14,17H,9-12H2,1-4H3/b15-13+. The molecule has 1 aliphatic rings. The van der Waals surface area contributed by atoms with E-state index < -0.39 is 0 Å². The van der Waals surface area contributed by atoms with Gasteiger partial charge in [0.2, 0.25) is 11.8 Å². The van der Waals surface area contributed by atoms with Crippen molar-refractivity contribution in [1.29, 1.82) is 0 Å². The van der Waals surface area contributed by atoms with E-state index in [4.69, 9.17) is 0 Å². The van der Waals surface area contributed by atoms with Crippen LogP contribution in [0.5, 0.6) is 0 Å². The van der Waals surface area contributed by atoms with Crippen LogP contribution in [0.2, 0.25) is 0 Å². The Hall–Kier alpha value is -2.17. The van der Waals surface area contributed by atoms with Gasteiger partial charge in [-0.15, -0.1) is 0 Å². The molecule has 1 aliphatic heterocycles. The van der Waals surface area contributed by atoms with Crippen molar-refractivity contribution >= 4 is 17.4 Å². The zero-order chi connectivity index (χ0) is 18.6. The summed E-state index contributed by atoms with van der Waals surface area (Å²) in [5, 5.41) is 0. The predicted molar refractivity (Wildman–Crippen MR) is 97.3 cm³/mol. The van der Waals surface area contributed by atoms with Gasteiger partial charge in [0, 0.05) is 38.2 Å². The third-order valence-corrected chi connectivity index (χ3v) is 4.92. The molecule has 2 amide bonds. The maximum atomic E-state index is 13.0. The van der Waals surface area contributed by atoms with Crippen molar-refractivity contribution in [2.75, 3.05) is 20.1 Å². The second-order valence-electron chi connectivity index (χ2n) is 6.98. The number of benzene rings is 1. The Labute approximate surface area is 149 Å². The lowest BCUT2D eigenvalue weighted by Gasteiger charge is -2.34. The largest absolute Gasteiger partial charge is 0.343 e. The maximum Gasteiger partial charge on any atom is 0.246 e. The van der Waals surface area contributed by atoms with Crippen LogP contribution in [0.25, 0.3) is 5.57 Å². The van der Waals surface area contributed by atoms with E-state index >= 15 is 0 Å². The Morgan fingerprint density at radius 1 is 1.20 bits per heavy atom. The summed E-state index contributed by atoms with van der Waals surface area (Å²) in [4.78, 5) is 28.4. The molecule has 0 bridgehead atoms. The molecule has 0 unspecified atom stereocenters. The number of halogens is 1. The van der Waals surface area contributed by atoms with Gasteiger partial charge in [-0.05, 0) is 56.9 Å². The summed E-state index contributed by atoms with van der Waals surface area (Å²) in [5.41, 5.74) is 1.64. The summed E-state index contributed by atoms with van der Waals surface area (Å²) in [7, 11) is 1.83. The molecule has 0 atom stereocenters. The molecule has 0 aliphatic carbocycles. The van der Waals surface area contributed by atoms with Crippen LogP contribution in [-0.2, 0) is 9.59 Å². The minimum absolute atomic E-state index is 0.00127. The van der Waals surface area contributed by atoms with Gasteiger partial charge in [0.1, 0.15) is 5.82 Å². The van der Waals surface area contributed by atoms with Crippen molar-refractivity contribution in [2.45, 2.75) is 39.7 Å². The summed E-state index contributed by atoms with van der Waals surface area (Å²) in [6.07, 6.45) is 2.99. The quantitative estimate of drug-likeness (QED) is 0.785. The van der Waals surface area contributed by atoms with Crippen molar-refractivity contribution < 1.29 is 14.0 Å². The third kappa shape index (κ3) is 4.91. The number of nitrogens with zero attached hydrogens (tertiary/aromatic N) is 2. The Kier molecular flexibility index (Phi) is 6.34. The number of hydrogen-bond acceptors (Lipinski definition) is 2. The molecule has 0 spiro atoms. The monoisotopic (exact) mass is 346 g/mol. The number of carbonyl (C=O) groups is 2. The minimum Gasteiger partial charge on any atom is -0.343 e. The van der Waals surface area contributed by atoms with Crippen molar-refractivity contribution in [3.8, 4) is 0 Å². The molecule has 5 heteroatoms. The summed E-state index contributed by atoms with van der Waals surface area (Å²) < 4.78 is 13.0. The molecule has 1 aromatic carbocycles. The molecule has 1 saturated heterocycles. The zero-order valence-corrected chi connectivity index (χ0v) is 15.5. The number of amides is 2. The lowest BCUT2D eigenvalue weighted by atomic mass is 9.94. The molecule has 136 valence electrons. The van der Waals surface area contributed by atoms with E-state index in [1.54, 1.807) is 28.0 Å². The average Bonchev–Trinajstić information content (AvgIpc) is 2.60. The number of hydrogen-bond donors (Lipinski definition) is 0. The highest BCUT2D eigenvalue weighted by atomic mass is 19.1. The minimum atomic E-state index is -0.291. The van der Waals surface area contributed by atoms with Gasteiger partial charge in [0.05, 0.1) is 0 Å². The molecule has 25 heavy (non-hydrogen) atoms. The van der Waals surface area contributed by atoms with Crippen molar-refractivity contribution in [2.24, 2.45) is 5.92 Å². The molecular formula is C20H27FN2O2. The van der Waals surface area contributed by atoms with E-state index in [1.165, 1.54) is 12.1 Å². The molecular weight excluding hydrogens is 319 g/mol. The van der Waals surface area contributed by atoms with E-state index in [2.05, 4.69) is 0 Å². The van der Waals surface area contributed by atoms with E-state index in [0.29, 0.717) is 25.9 Å². The van der Waals surface area contributed by atoms with Gasteiger partial charge < -0.3 is 9.80 Å². The highest BCUT2D eigenvalue weighted by Gasteiger charge is 2.29. The Bertz CT molecular complexity index is 644. The van der Waals surface area contributed by atoms with Crippen LogP contribution in [0.4, 0.5) is 4.39 Å². The van der Waals surface area contributed by atoms with Crippen LogP contribution in [-0.4, -0.2) is 47.8 Å². The van der Waals surface area contributed by atoms with Crippen LogP contribution in [0.1, 0.15) is 39.2 Å². The molecule has 2 rings (SSSR count). The fraction of sp³-hybridized carbons (Fsp3) is 0.500. The molecule has 1 aromatic rings. The van der Waals surface area contributed by atoms with Crippen LogP contribution >= 0.6 is 0 Å². The third-order valence-electron chi connectivity index (χ3n) is 4.92. The molecule has 4 nitrogen and oxygen atoms in total. The molecule has 1 fully saturated rings. The van der Waals surface area contributed by atoms with Gasteiger partial charge in [-0.1, -0.05) is 12.1 Å². The van der Waals surface area contributed by atoms with Crippen molar-refractivity contribution in [3.05, 3.63) is 41.7 Å². The SMILES string of the molecule is C/C(=C\C(=O)N1CCC(C(=O)N(C)C(C)C)CC1)c1ccc(F)cc1. The smallest absolute Gasteiger partial charge is 0.246 e. The van der Waals surface area contributed by atoms with Gasteiger partial charge in [-0.25, -0.2) is 4.39 Å². The van der Waals surface area contributed by atoms with Gasteiger partial charge in [-0.3, -0.25) is 9.59 Å². The second-order valence-corrected chi connectivity index (χ2v) is 6.98. The first-order chi connectivity index (χ1) is 11.8. The molecule has 0 radical (unpaired) electrons. The number of carbonyl (C=O) groups excluding carboxylic acids is 2. The first-order valence-corrected chi connectivity index (χ1v) is 8.79. The summed E-state index contributed by atoms with van der Waals surface area (Å²) in [5.74, 6) is -0.176. The lowest BCUT2D eigenvalue weighted by molar-refractivity contribution is -0.139. The lowest BCUT2D eigenvalue weighted by Crippen LogP contribution is -2.44. The Morgan fingerprint density at radius 2 is 1.76 bits per heavy atom. The second kappa shape index (κ2) is 8.28. The number of piperidine rings is 1. The summed E-state index contributed by atoms with van der Waals surface area (Å²) >= 11 is 0. The van der Waals surface area contributed by atoms with E-state index in [1.807, 2.05) is 27.8 Å². The molecule has 0 aromatic heterocycles. The van der Waals surface area contributed by atoms with Crippen LogP contribution < -0.4 is 0 Å². The van der Waals surface area contributed by atoms with Crippen LogP contribution in [0.15, 0.2) is 30.3 Å².